The summed E-state index contributed by atoms with van der Waals surface area (Å²) < 4.78 is 21.0. The van der Waals surface area contributed by atoms with Crippen molar-refractivity contribution in [2.45, 2.75) is 19.3 Å². The zero-order valence-corrected chi connectivity index (χ0v) is 17.8. The Balaban J connectivity index is 1.50. The molecule has 1 saturated heterocycles. The van der Waals surface area contributed by atoms with Gasteiger partial charge < -0.3 is 19.1 Å². The largest absolute Gasteiger partial charge is 0.497 e. The van der Waals surface area contributed by atoms with Crippen molar-refractivity contribution < 1.29 is 19.0 Å². The van der Waals surface area contributed by atoms with Gasteiger partial charge in [0.25, 0.3) is 11.1 Å². The van der Waals surface area contributed by atoms with Gasteiger partial charge in [0.05, 0.1) is 14.2 Å². The lowest BCUT2D eigenvalue weighted by Crippen LogP contribution is -2.27. The van der Waals surface area contributed by atoms with Crippen LogP contribution in [0.1, 0.15) is 34.6 Å². The summed E-state index contributed by atoms with van der Waals surface area (Å²) in [6, 6.07) is 13.0. The number of hydrogen-bond acceptors (Lipinski definition) is 7. The highest BCUT2D eigenvalue weighted by Crippen LogP contribution is 2.34. The number of methoxy groups -OCH3 is 2. The van der Waals surface area contributed by atoms with Crippen LogP contribution in [0.4, 0.5) is 0 Å². The quantitative estimate of drug-likeness (QED) is 0.566. The average molecular weight is 426 g/mol. The van der Waals surface area contributed by atoms with Crippen LogP contribution >= 0.6 is 11.5 Å². The van der Waals surface area contributed by atoms with E-state index in [1.807, 2.05) is 29.2 Å². The van der Waals surface area contributed by atoms with E-state index in [0.717, 1.165) is 37.2 Å². The molecule has 0 radical (unpaired) electrons. The molecule has 30 heavy (non-hydrogen) atoms. The molecule has 1 aliphatic rings. The van der Waals surface area contributed by atoms with Crippen molar-refractivity contribution in [3.05, 3.63) is 59.4 Å². The van der Waals surface area contributed by atoms with E-state index < -0.39 is 0 Å². The highest BCUT2D eigenvalue weighted by molar-refractivity contribution is 7.07. The number of ether oxygens (including phenoxy) is 3. The van der Waals surface area contributed by atoms with Gasteiger partial charge in [0.1, 0.15) is 5.75 Å². The minimum Gasteiger partial charge on any atom is -0.497 e. The van der Waals surface area contributed by atoms with Crippen LogP contribution < -0.4 is 14.2 Å². The second kappa shape index (κ2) is 9.13. The van der Waals surface area contributed by atoms with Crippen LogP contribution in [-0.2, 0) is 6.42 Å². The van der Waals surface area contributed by atoms with Crippen molar-refractivity contribution in [2.24, 2.45) is 0 Å². The van der Waals surface area contributed by atoms with Gasteiger partial charge in [-0.3, -0.25) is 4.79 Å². The van der Waals surface area contributed by atoms with Crippen molar-refractivity contribution in [3.8, 4) is 22.4 Å². The van der Waals surface area contributed by atoms with Gasteiger partial charge in [0.2, 0.25) is 0 Å². The molecule has 0 saturated carbocycles. The summed E-state index contributed by atoms with van der Waals surface area (Å²) in [5, 5.41) is 0.400. The van der Waals surface area contributed by atoms with Crippen LogP contribution in [0, 0.1) is 0 Å². The Kier molecular flexibility index (Phi) is 6.13. The smallest absolute Gasteiger partial charge is 0.298 e. The number of nitrogens with zero attached hydrogens (tertiary/aromatic N) is 3. The van der Waals surface area contributed by atoms with Gasteiger partial charge in [0, 0.05) is 36.6 Å². The summed E-state index contributed by atoms with van der Waals surface area (Å²) in [6.45, 7) is 1.59. The minimum atomic E-state index is 0.0102. The third kappa shape index (κ3) is 4.54. The Bertz CT molecular complexity index is 1030. The molecule has 1 fully saturated rings. The third-order valence-corrected chi connectivity index (χ3v) is 5.58. The predicted molar refractivity (Wildman–Crippen MR) is 114 cm³/mol. The van der Waals surface area contributed by atoms with Crippen LogP contribution in [-0.4, -0.2) is 47.5 Å². The van der Waals surface area contributed by atoms with E-state index in [4.69, 9.17) is 14.2 Å². The Morgan fingerprint density at radius 1 is 1.07 bits per heavy atom. The van der Waals surface area contributed by atoms with Crippen LogP contribution in [0.2, 0.25) is 0 Å². The SMILES string of the molecule is COc1cccc(Cc2nsc(Oc3cc(C(=O)N4CCCC4)ccc3OC)n2)c1. The molecule has 4 rings (SSSR count). The van der Waals surface area contributed by atoms with E-state index in [1.165, 1.54) is 11.5 Å². The molecule has 3 aromatic rings. The molecule has 7 nitrogen and oxygen atoms in total. The predicted octanol–water partition coefficient (Wildman–Crippen LogP) is 4.17. The second-order valence-corrected chi connectivity index (χ2v) is 7.69. The van der Waals surface area contributed by atoms with Crippen LogP contribution in [0.25, 0.3) is 0 Å². The van der Waals surface area contributed by atoms with Crippen LogP contribution in [0.15, 0.2) is 42.5 Å². The maximum absolute atomic E-state index is 12.7. The summed E-state index contributed by atoms with van der Waals surface area (Å²) in [5.74, 6) is 2.45. The number of carbonyl (C=O) groups is 1. The molecule has 8 heteroatoms. The zero-order chi connectivity index (χ0) is 20.9. The molecule has 156 valence electrons. The molecule has 1 aliphatic heterocycles. The maximum Gasteiger partial charge on any atom is 0.298 e. The first-order chi connectivity index (χ1) is 14.7. The number of hydrogen-bond donors (Lipinski definition) is 0. The first-order valence-corrected chi connectivity index (χ1v) is 10.5. The summed E-state index contributed by atoms with van der Waals surface area (Å²) in [7, 11) is 3.21. The Morgan fingerprint density at radius 2 is 1.90 bits per heavy atom. The van der Waals surface area contributed by atoms with E-state index >= 15 is 0 Å². The number of aromatic nitrogens is 2. The van der Waals surface area contributed by atoms with Crippen molar-refractivity contribution in [3.63, 3.8) is 0 Å². The maximum atomic E-state index is 12.7. The van der Waals surface area contributed by atoms with Crippen LogP contribution in [0.5, 0.6) is 22.4 Å². The monoisotopic (exact) mass is 425 g/mol. The lowest BCUT2D eigenvalue weighted by molar-refractivity contribution is 0.0792. The standard InChI is InChI=1S/C22H23N3O4S/c1-27-17-7-5-6-15(12-17)13-20-23-22(30-24-20)29-19-14-16(8-9-18(19)28-2)21(26)25-10-3-4-11-25/h5-9,12,14H,3-4,10-11,13H2,1-2H3. The summed E-state index contributed by atoms with van der Waals surface area (Å²) in [5.41, 5.74) is 1.63. The van der Waals surface area contributed by atoms with E-state index in [-0.39, 0.29) is 5.91 Å². The molecule has 2 aromatic carbocycles. The Hall–Kier alpha value is -3.13. The van der Waals surface area contributed by atoms with Gasteiger partial charge in [-0.2, -0.15) is 9.36 Å². The molecule has 0 N–H and O–H groups in total. The lowest BCUT2D eigenvalue weighted by Gasteiger charge is -2.16. The summed E-state index contributed by atoms with van der Waals surface area (Å²) in [4.78, 5) is 19.0. The topological polar surface area (TPSA) is 73.8 Å². The molecule has 0 bridgehead atoms. The molecule has 0 atom stereocenters. The third-order valence-electron chi connectivity index (χ3n) is 4.95. The Morgan fingerprint density at radius 3 is 2.67 bits per heavy atom. The van der Waals surface area contributed by atoms with Crippen molar-refractivity contribution in [1.29, 1.82) is 0 Å². The molecule has 0 spiro atoms. The van der Waals surface area contributed by atoms with Gasteiger partial charge in [-0.15, -0.1) is 0 Å². The number of benzene rings is 2. The number of amides is 1. The van der Waals surface area contributed by atoms with Crippen molar-refractivity contribution >= 4 is 17.4 Å². The van der Waals surface area contributed by atoms with E-state index in [9.17, 15) is 4.79 Å². The van der Waals surface area contributed by atoms with Crippen molar-refractivity contribution in [1.82, 2.24) is 14.3 Å². The fraction of sp³-hybridized carbons (Fsp3) is 0.318. The summed E-state index contributed by atoms with van der Waals surface area (Å²) in [6.07, 6.45) is 2.67. The van der Waals surface area contributed by atoms with Gasteiger partial charge in [0.15, 0.2) is 17.3 Å². The molecular weight excluding hydrogens is 402 g/mol. The Labute approximate surface area is 179 Å². The van der Waals surface area contributed by atoms with E-state index in [0.29, 0.717) is 34.5 Å². The molecule has 0 aliphatic carbocycles. The van der Waals surface area contributed by atoms with Gasteiger partial charge >= 0.3 is 0 Å². The fourth-order valence-corrected chi connectivity index (χ4v) is 3.96. The van der Waals surface area contributed by atoms with Gasteiger partial charge in [-0.25, -0.2) is 0 Å². The van der Waals surface area contributed by atoms with Gasteiger partial charge in [-0.05, 0) is 48.7 Å². The molecule has 0 unspecified atom stereocenters. The highest BCUT2D eigenvalue weighted by atomic mass is 32.1. The molecule has 1 amide bonds. The number of likely N-dealkylation sites (tertiary alicyclic amines) is 1. The number of rotatable bonds is 7. The first-order valence-electron chi connectivity index (χ1n) is 9.77. The van der Waals surface area contributed by atoms with Crippen molar-refractivity contribution in [2.75, 3.05) is 27.3 Å². The van der Waals surface area contributed by atoms with E-state index in [1.54, 1.807) is 32.4 Å². The highest BCUT2D eigenvalue weighted by Gasteiger charge is 2.21. The number of carbonyl (C=O) groups excluding carboxylic acids is 1. The van der Waals surface area contributed by atoms with Crippen LogP contribution in [0.3, 0.4) is 0 Å². The molecule has 1 aromatic heterocycles. The lowest BCUT2D eigenvalue weighted by atomic mass is 10.1. The van der Waals surface area contributed by atoms with Gasteiger partial charge in [-0.1, -0.05) is 12.1 Å². The fourth-order valence-electron chi connectivity index (χ4n) is 3.40. The normalized spacial score (nSPS) is 13.3. The first kappa shape index (κ1) is 20.2. The van der Waals surface area contributed by atoms with E-state index in [2.05, 4.69) is 9.36 Å². The average Bonchev–Trinajstić information content (AvgIpc) is 3.46. The molecule has 2 heterocycles. The summed E-state index contributed by atoms with van der Waals surface area (Å²) >= 11 is 1.17. The second-order valence-electron chi connectivity index (χ2n) is 6.97. The minimum absolute atomic E-state index is 0.0102. The zero-order valence-electron chi connectivity index (χ0n) is 17.0. The molecular formula is C22H23N3O4S.